The summed E-state index contributed by atoms with van der Waals surface area (Å²) in [5, 5.41) is 0. The molecule has 6 heteroatoms. The summed E-state index contributed by atoms with van der Waals surface area (Å²) in [6, 6.07) is 14.6. The Balaban J connectivity index is 0.00000205. The van der Waals surface area contributed by atoms with Crippen molar-refractivity contribution in [2.75, 3.05) is 20.3 Å². The van der Waals surface area contributed by atoms with Crippen molar-refractivity contribution in [2.24, 2.45) is 0 Å². The second kappa shape index (κ2) is 8.49. The predicted molar refractivity (Wildman–Crippen MR) is 106 cm³/mol. The fourth-order valence-electron chi connectivity index (χ4n) is 4.16. The molecule has 0 unspecified atom stereocenters. The third-order valence-corrected chi connectivity index (χ3v) is 5.58. The van der Waals surface area contributed by atoms with Crippen molar-refractivity contribution in [3.63, 3.8) is 0 Å². The molecule has 5 rings (SSSR count). The highest BCUT2D eigenvalue weighted by Gasteiger charge is 2.28. The second-order valence-corrected chi connectivity index (χ2v) is 7.33. The van der Waals surface area contributed by atoms with E-state index < -0.39 is 0 Å². The van der Waals surface area contributed by atoms with E-state index in [2.05, 4.69) is 39.6 Å². The summed E-state index contributed by atoms with van der Waals surface area (Å²) in [7, 11) is 1.70. The van der Waals surface area contributed by atoms with Crippen LogP contribution in [0.2, 0.25) is 0 Å². The number of halogens is 1. The molecule has 2 aliphatic heterocycles. The van der Waals surface area contributed by atoms with Crippen LogP contribution >= 0.6 is 0 Å². The molecule has 0 radical (unpaired) electrons. The number of aromatic nitrogens is 2. The van der Waals surface area contributed by atoms with Gasteiger partial charge < -0.3 is 31.2 Å². The molecule has 0 saturated carbocycles. The minimum Gasteiger partial charge on any atom is -1.00 e. The fourth-order valence-corrected chi connectivity index (χ4v) is 4.16. The summed E-state index contributed by atoms with van der Waals surface area (Å²) >= 11 is 0. The first-order chi connectivity index (χ1) is 13.8. The van der Waals surface area contributed by atoms with Gasteiger partial charge in [-0.05, 0) is 61.7 Å². The first kappa shape index (κ1) is 19.8. The molecule has 152 valence electrons. The number of nitrogens with zero attached hydrogens (tertiary/aromatic N) is 2. The van der Waals surface area contributed by atoms with E-state index in [4.69, 9.17) is 14.2 Å². The third kappa shape index (κ3) is 3.73. The highest BCUT2D eigenvalue weighted by Crippen LogP contribution is 2.36. The molecule has 2 aromatic carbocycles. The van der Waals surface area contributed by atoms with E-state index >= 15 is 0 Å². The first-order valence-corrected chi connectivity index (χ1v) is 10.0. The fraction of sp³-hybridized carbons (Fsp3) is 0.348. The van der Waals surface area contributed by atoms with Crippen LogP contribution in [0.15, 0.2) is 48.7 Å². The van der Waals surface area contributed by atoms with Crippen molar-refractivity contribution in [1.82, 2.24) is 4.57 Å². The zero-order valence-corrected chi connectivity index (χ0v) is 18.2. The smallest absolute Gasteiger partial charge is 0.262 e. The van der Waals surface area contributed by atoms with Crippen LogP contribution < -0.4 is 35.8 Å². The van der Waals surface area contributed by atoms with Gasteiger partial charge in [0, 0.05) is 12.0 Å². The summed E-state index contributed by atoms with van der Waals surface area (Å²) in [6.45, 7) is 2.27. The highest BCUT2D eigenvalue weighted by atomic mass is 79.9. The van der Waals surface area contributed by atoms with E-state index in [0.717, 1.165) is 41.5 Å². The third-order valence-electron chi connectivity index (χ3n) is 5.58. The molecule has 0 N–H and O–H groups in total. The maximum absolute atomic E-state index is 5.83. The molecule has 1 aromatic heterocycles. The number of fused-ring (bicyclic) bond motifs is 2. The van der Waals surface area contributed by atoms with E-state index in [-0.39, 0.29) is 17.0 Å². The Bertz CT molecular complexity index is 998. The maximum atomic E-state index is 5.83. The Hall–Kier alpha value is -2.47. The predicted octanol–water partition coefficient (Wildman–Crippen LogP) is 0.942. The Morgan fingerprint density at radius 3 is 2.52 bits per heavy atom. The van der Waals surface area contributed by atoms with Gasteiger partial charge in [0.25, 0.3) is 5.82 Å². The van der Waals surface area contributed by atoms with Crippen LogP contribution in [0.4, 0.5) is 0 Å². The lowest BCUT2D eigenvalue weighted by atomic mass is 10.1. The molecular formula is C23H25BrN2O3. The molecule has 0 fully saturated rings. The van der Waals surface area contributed by atoms with Crippen LogP contribution in [-0.4, -0.2) is 24.9 Å². The van der Waals surface area contributed by atoms with E-state index in [1.165, 1.54) is 30.8 Å². The average molecular weight is 457 g/mol. The molecule has 0 aliphatic carbocycles. The van der Waals surface area contributed by atoms with E-state index in [1.807, 2.05) is 18.2 Å². The van der Waals surface area contributed by atoms with Crippen molar-refractivity contribution >= 4 is 0 Å². The van der Waals surface area contributed by atoms with Gasteiger partial charge in [-0.15, -0.1) is 0 Å². The maximum Gasteiger partial charge on any atom is 0.262 e. The summed E-state index contributed by atoms with van der Waals surface area (Å²) in [5.74, 6) is 3.88. The largest absolute Gasteiger partial charge is 1.00 e. The monoisotopic (exact) mass is 456 g/mol. The van der Waals surface area contributed by atoms with Crippen molar-refractivity contribution in [1.29, 1.82) is 0 Å². The van der Waals surface area contributed by atoms with E-state index in [1.54, 1.807) is 7.11 Å². The lowest BCUT2D eigenvalue weighted by Crippen LogP contribution is -3.00. The van der Waals surface area contributed by atoms with Crippen LogP contribution in [-0.2, 0) is 13.0 Å². The summed E-state index contributed by atoms with van der Waals surface area (Å²) in [6.07, 6.45) is 7.10. The summed E-state index contributed by atoms with van der Waals surface area (Å²) < 4.78 is 21.7. The van der Waals surface area contributed by atoms with E-state index in [0.29, 0.717) is 13.2 Å². The first-order valence-electron chi connectivity index (χ1n) is 10.0. The Kier molecular flexibility index (Phi) is 5.81. The number of aryl methyl sites for hydroxylation is 1. The van der Waals surface area contributed by atoms with Gasteiger partial charge in [0.2, 0.25) is 0 Å². The number of hydrogen-bond acceptors (Lipinski definition) is 3. The SMILES string of the molecule is COc1ccc(-n2c(-c3ccc4c(c3)OCCO4)c[n+]3c2CCCCC3)cc1.[Br-]. The van der Waals surface area contributed by atoms with Gasteiger partial charge in [-0.1, -0.05) is 0 Å². The van der Waals surface area contributed by atoms with Gasteiger partial charge in [-0.3, -0.25) is 0 Å². The van der Waals surface area contributed by atoms with Crippen LogP contribution in [0.3, 0.4) is 0 Å². The molecular weight excluding hydrogens is 432 g/mol. The zero-order valence-electron chi connectivity index (χ0n) is 16.6. The molecule has 5 nitrogen and oxygen atoms in total. The van der Waals surface area contributed by atoms with Crippen molar-refractivity contribution < 1.29 is 35.8 Å². The lowest BCUT2D eigenvalue weighted by Gasteiger charge is -2.18. The minimum absolute atomic E-state index is 0. The van der Waals surface area contributed by atoms with Gasteiger partial charge in [-0.25, -0.2) is 4.57 Å². The highest BCUT2D eigenvalue weighted by molar-refractivity contribution is 5.66. The van der Waals surface area contributed by atoms with Gasteiger partial charge in [0.05, 0.1) is 13.7 Å². The van der Waals surface area contributed by atoms with Crippen LogP contribution in [0.5, 0.6) is 17.2 Å². The van der Waals surface area contributed by atoms with Gasteiger partial charge >= 0.3 is 0 Å². The number of methoxy groups -OCH3 is 1. The Morgan fingerprint density at radius 2 is 1.72 bits per heavy atom. The van der Waals surface area contributed by atoms with E-state index in [9.17, 15) is 0 Å². The topological polar surface area (TPSA) is 36.5 Å². The average Bonchev–Trinajstić information content (AvgIpc) is 2.96. The normalized spacial score (nSPS) is 15.1. The minimum atomic E-state index is 0. The van der Waals surface area contributed by atoms with Crippen LogP contribution in [0, 0.1) is 0 Å². The summed E-state index contributed by atoms with van der Waals surface area (Å²) in [4.78, 5) is 0. The number of imidazole rings is 1. The summed E-state index contributed by atoms with van der Waals surface area (Å²) in [5.41, 5.74) is 3.47. The van der Waals surface area contributed by atoms with Crippen molar-refractivity contribution in [2.45, 2.75) is 32.2 Å². The van der Waals surface area contributed by atoms with Gasteiger partial charge in [-0.2, -0.15) is 4.57 Å². The van der Waals surface area contributed by atoms with Crippen LogP contribution in [0.1, 0.15) is 25.1 Å². The molecule has 29 heavy (non-hydrogen) atoms. The lowest BCUT2D eigenvalue weighted by molar-refractivity contribution is -0.702. The molecule has 0 atom stereocenters. The molecule has 2 aliphatic rings. The van der Waals surface area contributed by atoms with Gasteiger partial charge in [0.1, 0.15) is 30.8 Å². The molecule has 3 heterocycles. The molecule has 0 bridgehead atoms. The Morgan fingerprint density at radius 1 is 0.931 bits per heavy atom. The number of ether oxygens (including phenoxy) is 3. The number of hydrogen-bond donors (Lipinski definition) is 0. The number of benzene rings is 2. The molecule has 0 spiro atoms. The quantitative estimate of drug-likeness (QED) is 0.550. The zero-order chi connectivity index (χ0) is 18.9. The second-order valence-electron chi connectivity index (χ2n) is 7.33. The van der Waals surface area contributed by atoms with Gasteiger partial charge in [0.15, 0.2) is 17.2 Å². The number of rotatable bonds is 3. The van der Waals surface area contributed by atoms with Crippen molar-refractivity contribution in [3.05, 3.63) is 54.5 Å². The molecule has 3 aromatic rings. The standard InChI is InChI=1S/C23H25N2O3.BrH/c1-26-19-9-7-18(8-10-19)25-20(16-24-12-4-2-3-5-23(24)25)17-6-11-21-22(15-17)28-14-13-27-21;/h6-11,15-16H,2-5,12-14H2,1H3;1H/q+1;/p-1. The Labute approximate surface area is 181 Å². The molecule has 0 saturated heterocycles. The molecule has 0 amide bonds. The van der Waals surface area contributed by atoms with Crippen molar-refractivity contribution in [3.8, 4) is 34.2 Å². The van der Waals surface area contributed by atoms with Crippen LogP contribution in [0.25, 0.3) is 16.9 Å².